The van der Waals surface area contributed by atoms with Crippen molar-refractivity contribution in [3.8, 4) is 11.1 Å². The molecule has 2 rings (SSSR count). The molecule has 2 nitrogen and oxygen atoms in total. The first-order valence-electron chi connectivity index (χ1n) is 7.34. The Labute approximate surface area is 131 Å². The number of carbonyl (C=O) groups is 1. The minimum atomic E-state index is -2.03. The van der Waals surface area contributed by atoms with Crippen molar-refractivity contribution in [3.05, 3.63) is 53.8 Å². The molecule has 0 saturated heterocycles. The maximum Gasteiger partial charge on any atom is 0.310 e. The van der Waals surface area contributed by atoms with Gasteiger partial charge in [0.2, 0.25) is 0 Å². The quantitative estimate of drug-likeness (QED) is 0.857. The largest absolute Gasteiger partial charge is 0.481 e. The van der Waals surface area contributed by atoms with E-state index >= 15 is 4.39 Å². The van der Waals surface area contributed by atoms with Gasteiger partial charge in [-0.25, -0.2) is 4.39 Å². The van der Waals surface area contributed by atoms with Gasteiger partial charge in [-0.2, -0.15) is 0 Å². The van der Waals surface area contributed by atoms with Crippen LogP contribution in [0.3, 0.4) is 0 Å². The predicted molar refractivity (Wildman–Crippen MR) is 90.9 cm³/mol. The van der Waals surface area contributed by atoms with Gasteiger partial charge in [-0.1, -0.05) is 62.1 Å². The third-order valence-electron chi connectivity index (χ3n) is 3.85. The lowest BCUT2D eigenvalue weighted by atomic mass is 9.96. The molecule has 0 unspecified atom stereocenters. The summed E-state index contributed by atoms with van der Waals surface area (Å²) >= 11 is 0. The number of hydrogen-bond donors (Lipinski definition) is 1. The van der Waals surface area contributed by atoms with Gasteiger partial charge in [0, 0.05) is 5.56 Å². The second-order valence-electron chi connectivity index (χ2n) is 6.57. The number of hydrogen-bond acceptors (Lipinski definition) is 1. The Bertz CT molecular complexity index is 690. The van der Waals surface area contributed by atoms with Gasteiger partial charge in [0.25, 0.3) is 0 Å². The SMILES string of the molecule is C[C@H](C(=O)O)c1ccc(-c2ccccc2)c(F)c1[Si](C)(C)C. The lowest BCUT2D eigenvalue weighted by Crippen LogP contribution is -2.44. The molecule has 0 aliphatic carbocycles. The van der Waals surface area contributed by atoms with E-state index in [1.807, 2.05) is 50.0 Å². The Kier molecular flexibility index (Phi) is 4.51. The molecule has 0 aliphatic heterocycles. The summed E-state index contributed by atoms with van der Waals surface area (Å²) < 4.78 is 15.2. The summed E-state index contributed by atoms with van der Waals surface area (Å²) in [6.07, 6.45) is 0. The zero-order valence-electron chi connectivity index (χ0n) is 13.4. The Morgan fingerprint density at radius 3 is 2.18 bits per heavy atom. The van der Waals surface area contributed by atoms with Gasteiger partial charge in [-0.3, -0.25) is 4.79 Å². The van der Waals surface area contributed by atoms with Crippen molar-refractivity contribution in [2.24, 2.45) is 0 Å². The molecule has 0 spiro atoms. The van der Waals surface area contributed by atoms with Gasteiger partial charge in [0.05, 0.1) is 14.0 Å². The number of carboxylic acids is 1. The summed E-state index contributed by atoms with van der Waals surface area (Å²) in [4.78, 5) is 11.3. The van der Waals surface area contributed by atoms with Gasteiger partial charge < -0.3 is 5.11 Å². The maximum atomic E-state index is 15.2. The van der Waals surface area contributed by atoms with Gasteiger partial charge in [0.1, 0.15) is 5.82 Å². The number of benzene rings is 2. The third-order valence-corrected chi connectivity index (χ3v) is 5.85. The van der Waals surface area contributed by atoms with E-state index < -0.39 is 20.0 Å². The highest BCUT2D eigenvalue weighted by atomic mass is 28.3. The molecule has 2 aromatic rings. The second kappa shape index (κ2) is 6.05. The average Bonchev–Trinajstić information content (AvgIpc) is 2.45. The standard InChI is InChI=1S/C18H21FO2Si/c1-12(18(20)21)14-10-11-15(13-8-6-5-7-9-13)16(19)17(14)22(2,3)4/h5-12H,1-4H3,(H,20,21)/t12-/m0/s1. The summed E-state index contributed by atoms with van der Waals surface area (Å²) in [5.41, 5.74) is 1.96. The van der Waals surface area contributed by atoms with Crippen LogP contribution in [-0.4, -0.2) is 19.1 Å². The number of carboxylic acid groups (broad SMARTS) is 1. The molecule has 0 aromatic heterocycles. The zero-order valence-corrected chi connectivity index (χ0v) is 14.4. The summed E-state index contributed by atoms with van der Waals surface area (Å²) in [5, 5.41) is 9.91. The van der Waals surface area contributed by atoms with E-state index in [0.29, 0.717) is 16.3 Å². The van der Waals surface area contributed by atoms with Crippen molar-refractivity contribution in [2.75, 3.05) is 0 Å². The minimum absolute atomic E-state index is 0.268. The number of aliphatic carboxylic acids is 1. The number of rotatable bonds is 4. The van der Waals surface area contributed by atoms with E-state index in [1.165, 1.54) is 0 Å². The molecule has 22 heavy (non-hydrogen) atoms. The topological polar surface area (TPSA) is 37.3 Å². The van der Waals surface area contributed by atoms with Gasteiger partial charge in [0.15, 0.2) is 0 Å². The molecule has 1 atom stereocenters. The van der Waals surface area contributed by atoms with Crippen molar-refractivity contribution in [1.29, 1.82) is 0 Å². The van der Waals surface area contributed by atoms with Crippen LogP contribution < -0.4 is 5.19 Å². The monoisotopic (exact) mass is 316 g/mol. The highest BCUT2D eigenvalue weighted by Gasteiger charge is 2.30. The maximum absolute atomic E-state index is 15.2. The first-order chi connectivity index (χ1) is 10.2. The first-order valence-corrected chi connectivity index (χ1v) is 10.8. The summed E-state index contributed by atoms with van der Waals surface area (Å²) in [5.74, 6) is -1.90. The van der Waals surface area contributed by atoms with Crippen LogP contribution in [0.15, 0.2) is 42.5 Å². The van der Waals surface area contributed by atoms with Crippen LogP contribution in [0.1, 0.15) is 18.4 Å². The van der Waals surface area contributed by atoms with Crippen molar-refractivity contribution in [1.82, 2.24) is 0 Å². The highest BCUT2D eigenvalue weighted by Crippen LogP contribution is 2.27. The van der Waals surface area contributed by atoms with Crippen LogP contribution in [-0.2, 0) is 4.79 Å². The van der Waals surface area contributed by atoms with E-state index in [9.17, 15) is 9.90 Å². The van der Waals surface area contributed by atoms with Crippen LogP contribution in [0, 0.1) is 5.82 Å². The molecule has 116 valence electrons. The molecule has 0 aliphatic rings. The van der Waals surface area contributed by atoms with Crippen molar-refractivity contribution < 1.29 is 14.3 Å². The summed E-state index contributed by atoms with van der Waals surface area (Å²) in [6.45, 7) is 7.73. The van der Waals surface area contributed by atoms with E-state index in [-0.39, 0.29) is 5.82 Å². The van der Waals surface area contributed by atoms with Crippen molar-refractivity contribution in [3.63, 3.8) is 0 Å². The zero-order chi connectivity index (χ0) is 16.5. The van der Waals surface area contributed by atoms with Crippen molar-refractivity contribution in [2.45, 2.75) is 32.5 Å². The molecule has 0 amide bonds. The molecule has 0 saturated carbocycles. The highest BCUT2D eigenvalue weighted by molar-refractivity contribution is 6.89. The summed E-state index contributed by atoms with van der Waals surface area (Å²) in [7, 11) is -2.03. The van der Waals surface area contributed by atoms with E-state index in [2.05, 4.69) is 0 Å². The van der Waals surface area contributed by atoms with Crippen LogP contribution >= 0.6 is 0 Å². The lowest BCUT2D eigenvalue weighted by Gasteiger charge is -2.25. The number of halogens is 1. The van der Waals surface area contributed by atoms with Crippen LogP contribution in [0.25, 0.3) is 11.1 Å². The molecular formula is C18H21FO2Si. The van der Waals surface area contributed by atoms with Gasteiger partial charge in [-0.15, -0.1) is 0 Å². The molecule has 2 aromatic carbocycles. The van der Waals surface area contributed by atoms with Crippen LogP contribution in [0.2, 0.25) is 19.6 Å². The van der Waals surface area contributed by atoms with E-state index in [4.69, 9.17) is 0 Å². The fourth-order valence-electron chi connectivity index (χ4n) is 2.69. The molecule has 4 heteroatoms. The smallest absolute Gasteiger partial charge is 0.310 e. The fourth-order valence-corrected chi connectivity index (χ4v) is 4.65. The molecule has 0 bridgehead atoms. The minimum Gasteiger partial charge on any atom is -0.481 e. The Balaban J connectivity index is 2.71. The molecule has 0 heterocycles. The van der Waals surface area contributed by atoms with E-state index in [1.54, 1.807) is 19.1 Å². The van der Waals surface area contributed by atoms with Gasteiger partial charge >= 0.3 is 5.97 Å². The average molecular weight is 316 g/mol. The lowest BCUT2D eigenvalue weighted by molar-refractivity contribution is -0.138. The predicted octanol–water partition coefficient (Wildman–Crippen LogP) is 4.23. The molecule has 0 radical (unpaired) electrons. The first kappa shape index (κ1) is 16.4. The van der Waals surface area contributed by atoms with Crippen LogP contribution in [0.4, 0.5) is 4.39 Å². The summed E-state index contributed by atoms with van der Waals surface area (Å²) in [6, 6.07) is 12.8. The second-order valence-corrected chi connectivity index (χ2v) is 11.6. The van der Waals surface area contributed by atoms with Crippen molar-refractivity contribution >= 4 is 19.2 Å². The Morgan fingerprint density at radius 1 is 1.09 bits per heavy atom. The fraction of sp³-hybridized carbons (Fsp3) is 0.278. The Hall–Kier alpha value is -1.94. The molecular weight excluding hydrogens is 295 g/mol. The third kappa shape index (κ3) is 3.12. The van der Waals surface area contributed by atoms with Gasteiger partial charge in [-0.05, 0) is 23.2 Å². The molecule has 0 fully saturated rings. The molecule has 1 N–H and O–H groups in total. The van der Waals surface area contributed by atoms with E-state index in [0.717, 1.165) is 5.56 Å². The van der Waals surface area contributed by atoms with Crippen LogP contribution in [0.5, 0.6) is 0 Å². The normalized spacial score (nSPS) is 13.0. The Morgan fingerprint density at radius 2 is 1.68 bits per heavy atom.